The fraction of sp³-hybridized carbons (Fsp3) is 0.583. The van der Waals surface area contributed by atoms with Gasteiger partial charge in [0.2, 0.25) is 17.8 Å². The molecule has 0 aliphatic carbocycles. The van der Waals surface area contributed by atoms with Gasteiger partial charge in [0, 0.05) is 19.6 Å². The molecule has 0 aliphatic rings. The Balaban J connectivity index is 2.88. The molecule has 9 nitrogen and oxygen atoms in total. The van der Waals surface area contributed by atoms with Crippen LogP contribution in [0.1, 0.15) is 20.8 Å². The number of urea groups is 1. The first-order valence-electron chi connectivity index (χ1n) is 6.97. The first-order chi connectivity index (χ1) is 10.5. The zero-order valence-corrected chi connectivity index (χ0v) is 13.7. The second kappa shape index (κ2) is 9.03. The fourth-order valence-electron chi connectivity index (χ4n) is 1.60. The second-order valence-corrected chi connectivity index (χ2v) is 5.09. The number of thioether (sulfide) groups is 1. The van der Waals surface area contributed by atoms with Gasteiger partial charge in [0.15, 0.2) is 5.16 Å². The summed E-state index contributed by atoms with van der Waals surface area (Å²) in [6, 6.07) is -0.876. The molecule has 1 heterocycles. The molecule has 0 saturated carbocycles. The van der Waals surface area contributed by atoms with E-state index in [9.17, 15) is 9.59 Å². The SMILES string of the molecule is CCNc1nc(SCC(=O)NC(N)=O)nc(N(CC)CC)n1. The summed E-state index contributed by atoms with van der Waals surface area (Å²) in [5, 5.41) is 5.44. The van der Waals surface area contributed by atoms with E-state index < -0.39 is 11.9 Å². The summed E-state index contributed by atoms with van der Waals surface area (Å²) in [5.74, 6) is 0.509. The van der Waals surface area contributed by atoms with Gasteiger partial charge in [-0.1, -0.05) is 11.8 Å². The van der Waals surface area contributed by atoms with Gasteiger partial charge < -0.3 is 16.0 Å². The number of anilines is 2. The van der Waals surface area contributed by atoms with Crippen LogP contribution in [-0.2, 0) is 4.79 Å². The number of amides is 3. The molecule has 0 unspecified atom stereocenters. The topological polar surface area (TPSA) is 126 Å². The van der Waals surface area contributed by atoms with Crippen LogP contribution in [0.5, 0.6) is 0 Å². The van der Waals surface area contributed by atoms with Gasteiger partial charge in [0.05, 0.1) is 5.75 Å². The number of primary amides is 1. The highest BCUT2D eigenvalue weighted by Crippen LogP contribution is 2.18. The first kappa shape index (κ1) is 18.0. The van der Waals surface area contributed by atoms with E-state index in [0.29, 0.717) is 23.6 Å². The Labute approximate surface area is 133 Å². The van der Waals surface area contributed by atoms with Crippen LogP contribution < -0.4 is 21.3 Å². The second-order valence-electron chi connectivity index (χ2n) is 4.15. The molecular formula is C12H21N7O2S. The van der Waals surface area contributed by atoms with Crippen LogP contribution in [-0.4, -0.2) is 52.3 Å². The minimum absolute atomic E-state index is 0.00376. The van der Waals surface area contributed by atoms with Crippen LogP contribution in [0.3, 0.4) is 0 Å². The van der Waals surface area contributed by atoms with Gasteiger partial charge in [-0.3, -0.25) is 10.1 Å². The van der Waals surface area contributed by atoms with E-state index >= 15 is 0 Å². The predicted molar refractivity (Wildman–Crippen MR) is 86.0 cm³/mol. The maximum atomic E-state index is 11.4. The number of nitrogens with zero attached hydrogens (tertiary/aromatic N) is 4. The van der Waals surface area contributed by atoms with Crippen molar-refractivity contribution >= 4 is 35.6 Å². The van der Waals surface area contributed by atoms with E-state index in [1.807, 2.05) is 31.0 Å². The maximum absolute atomic E-state index is 11.4. The number of carbonyl (C=O) groups excluding carboxylic acids is 2. The van der Waals surface area contributed by atoms with Gasteiger partial charge >= 0.3 is 6.03 Å². The fourth-order valence-corrected chi connectivity index (χ4v) is 2.23. The summed E-state index contributed by atoms with van der Waals surface area (Å²) in [7, 11) is 0. The molecule has 1 rings (SSSR count). The molecule has 0 fully saturated rings. The van der Waals surface area contributed by atoms with Gasteiger partial charge in [-0.15, -0.1) is 0 Å². The largest absolute Gasteiger partial charge is 0.354 e. The van der Waals surface area contributed by atoms with Crippen molar-refractivity contribution in [2.45, 2.75) is 25.9 Å². The Morgan fingerprint density at radius 2 is 1.86 bits per heavy atom. The maximum Gasteiger partial charge on any atom is 0.318 e. The third kappa shape index (κ3) is 5.72. The first-order valence-corrected chi connectivity index (χ1v) is 7.95. The van der Waals surface area contributed by atoms with Gasteiger partial charge in [-0.2, -0.15) is 15.0 Å². The molecule has 1 aromatic heterocycles. The summed E-state index contributed by atoms with van der Waals surface area (Å²) in [6.07, 6.45) is 0. The minimum atomic E-state index is -0.876. The van der Waals surface area contributed by atoms with Gasteiger partial charge in [0.1, 0.15) is 0 Å². The number of nitrogens with one attached hydrogen (secondary N) is 2. The van der Waals surface area contributed by atoms with Crippen molar-refractivity contribution in [3.05, 3.63) is 0 Å². The number of carbonyl (C=O) groups is 2. The number of aromatic nitrogens is 3. The quantitative estimate of drug-likeness (QED) is 0.587. The summed E-state index contributed by atoms with van der Waals surface area (Å²) in [5.41, 5.74) is 4.89. The van der Waals surface area contributed by atoms with Crippen LogP contribution >= 0.6 is 11.8 Å². The lowest BCUT2D eigenvalue weighted by molar-refractivity contribution is -0.117. The molecule has 1 aromatic rings. The number of imide groups is 1. The number of hydrogen-bond acceptors (Lipinski definition) is 8. The molecule has 4 N–H and O–H groups in total. The summed E-state index contributed by atoms with van der Waals surface area (Å²) >= 11 is 1.11. The Kier molecular flexibility index (Phi) is 7.37. The molecule has 22 heavy (non-hydrogen) atoms. The van der Waals surface area contributed by atoms with Crippen LogP contribution in [0.15, 0.2) is 5.16 Å². The van der Waals surface area contributed by atoms with Crippen molar-refractivity contribution in [3.8, 4) is 0 Å². The molecule has 0 aromatic carbocycles. The molecular weight excluding hydrogens is 306 g/mol. The summed E-state index contributed by atoms with van der Waals surface area (Å²) < 4.78 is 0. The van der Waals surface area contributed by atoms with Crippen molar-refractivity contribution in [1.82, 2.24) is 20.3 Å². The molecule has 0 spiro atoms. The van der Waals surface area contributed by atoms with Gasteiger partial charge in [-0.25, -0.2) is 4.79 Å². The third-order valence-electron chi connectivity index (χ3n) is 2.58. The highest BCUT2D eigenvalue weighted by molar-refractivity contribution is 7.99. The van der Waals surface area contributed by atoms with Crippen LogP contribution in [0.4, 0.5) is 16.7 Å². The highest BCUT2D eigenvalue weighted by atomic mass is 32.2. The van der Waals surface area contributed by atoms with Crippen LogP contribution in [0.2, 0.25) is 0 Å². The predicted octanol–water partition coefficient (Wildman–Crippen LogP) is 0.437. The molecule has 0 radical (unpaired) electrons. The van der Waals surface area contributed by atoms with Crippen molar-refractivity contribution in [2.24, 2.45) is 5.73 Å². The monoisotopic (exact) mass is 327 g/mol. The van der Waals surface area contributed by atoms with Crippen molar-refractivity contribution < 1.29 is 9.59 Å². The van der Waals surface area contributed by atoms with E-state index in [2.05, 4.69) is 20.3 Å². The van der Waals surface area contributed by atoms with Crippen molar-refractivity contribution in [2.75, 3.05) is 35.6 Å². The van der Waals surface area contributed by atoms with Crippen LogP contribution in [0, 0.1) is 0 Å². The minimum Gasteiger partial charge on any atom is -0.354 e. The van der Waals surface area contributed by atoms with Crippen LogP contribution in [0.25, 0.3) is 0 Å². The van der Waals surface area contributed by atoms with Gasteiger partial charge in [-0.05, 0) is 20.8 Å². The molecule has 0 atom stereocenters. The lowest BCUT2D eigenvalue weighted by Crippen LogP contribution is -2.36. The van der Waals surface area contributed by atoms with Crippen molar-refractivity contribution in [1.29, 1.82) is 0 Å². The van der Waals surface area contributed by atoms with E-state index in [1.165, 1.54) is 0 Å². The normalized spacial score (nSPS) is 10.1. The molecule has 0 bridgehead atoms. The van der Waals surface area contributed by atoms with E-state index in [1.54, 1.807) is 0 Å². The van der Waals surface area contributed by atoms with E-state index in [4.69, 9.17) is 5.73 Å². The average molecular weight is 327 g/mol. The molecule has 3 amide bonds. The molecule has 0 aliphatic heterocycles. The average Bonchev–Trinajstić information content (AvgIpc) is 2.46. The zero-order chi connectivity index (χ0) is 16.5. The van der Waals surface area contributed by atoms with E-state index in [-0.39, 0.29) is 5.75 Å². The molecule has 10 heteroatoms. The summed E-state index contributed by atoms with van der Waals surface area (Å²) in [6.45, 7) is 8.15. The number of nitrogens with two attached hydrogens (primary N) is 1. The number of rotatable bonds is 8. The number of hydrogen-bond donors (Lipinski definition) is 3. The molecule has 122 valence electrons. The lowest BCUT2D eigenvalue weighted by atomic mass is 10.5. The standard InChI is InChI=1S/C12H21N7O2S/c1-4-14-10-16-11(19(5-2)6-3)18-12(17-10)22-7-8(20)15-9(13)21/h4-7H2,1-3H3,(H3,13,15,20,21)(H,14,16,17,18). The Hall–Kier alpha value is -2.10. The lowest BCUT2D eigenvalue weighted by Gasteiger charge is -2.19. The Morgan fingerprint density at radius 3 is 2.41 bits per heavy atom. The Bertz CT molecular complexity index is 522. The summed E-state index contributed by atoms with van der Waals surface area (Å²) in [4.78, 5) is 36.9. The smallest absolute Gasteiger partial charge is 0.318 e. The van der Waals surface area contributed by atoms with Crippen molar-refractivity contribution in [3.63, 3.8) is 0 Å². The van der Waals surface area contributed by atoms with E-state index in [0.717, 1.165) is 24.9 Å². The highest BCUT2D eigenvalue weighted by Gasteiger charge is 2.13. The third-order valence-corrected chi connectivity index (χ3v) is 3.43. The Morgan fingerprint density at radius 1 is 1.18 bits per heavy atom. The zero-order valence-electron chi connectivity index (χ0n) is 12.9. The van der Waals surface area contributed by atoms with Gasteiger partial charge in [0.25, 0.3) is 0 Å². The molecule has 0 saturated heterocycles.